The van der Waals surface area contributed by atoms with Gasteiger partial charge in [-0.3, -0.25) is 0 Å². The van der Waals surface area contributed by atoms with Crippen LogP contribution in [0.3, 0.4) is 0 Å². The van der Waals surface area contributed by atoms with E-state index in [-0.39, 0.29) is 30.5 Å². The number of hydrogen-bond acceptors (Lipinski definition) is 7. The molecule has 0 aromatic carbocycles. The van der Waals surface area contributed by atoms with Crippen molar-refractivity contribution in [2.24, 2.45) is 0 Å². The van der Waals surface area contributed by atoms with Crippen molar-refractivity contribution >= 4 is 21.8 Å². The van der Waals surface area contributed by atoms with Crippen molar-refractivity contribution in [1.82, 2.24) is 9.97 Å². The van der Waals surface area contributed by atoms with E-state index in [2.05, 4.69) is 9.97 Å². The summed E-state index contributed by atoms with van der Waals surface area (Å²) in [5, 5.41) is -0.123. The monoisotopic (exact) mass is 331 g/mol. The first kappa shape index (κ1) is 16.6. The van der Waals surface area contributed by atoms with Gasteiger partial charge in [-0.05, 0) is 13.8 Å². The Morgan fingerprint density at radius 1 is 1.55 bits per heavy atom. The van der Waals surface area contributed by atoms with Crippen molar-refractivity contribution in [2.45, 2.75) is 37.5 Å². The van der Waals surface area contributed by atoms with E-state index in [4.69, 9.17) is 4.74 Å². The van der Waals surface area contributed by atoms with Crippen molar-refractivity contribution < 1.29 is 22.3 Å². The normalized spacial score (nSPS) is 21.9. The average Bonchev–Trinajstić information content (AvgIpc) is 2.80. The van der Waals surface area contributed by atoms with Gasteiger partial charge >= 0.3 is 5.97 Å². The van der Waals surface area contributed by atoms with E-state index >= 15 is 0 Å². The van der Waals surface area contributed by atoms with Crippen LogP contribution in [0.4, 0.5) is 10.3 Å². The number of alkyl halides is 1. The van der Waals surface area contributed by atoms with Gasteiger partial charge in [-0.15, -0.1) is 0 Å². The van der Waals surface area contributed by atoms with E-state index in [0.717, 1.165) is 6.26 Å². The van der Waals surface area contributed by atoms with Crippen LogP contribution in [0.2, 0.25) is 0 Å². The number of nitrogens with zero attached hydrogens (tertiary/aromatic N) is 3. The lowest BCUT2D eigenvalue weighted by Gasteiger charge is -2.23. The Morgan fingerprint density at radius 2 is 2.23 bits per heavy atom. The molecule has 0 saturated carbocycles. The van der Waals surface area contributed by atoms with E-state index in [1.54, 1.807) is 13.8 Å². The first-order valence-electron chi connectivity index (χ1n) is 6.85. The number of aryl methyl sites for hydroxylation is 1. The van der Waals surface area contributed by atoms with Gasteiger partial charge in [0.2, 0.25) is 5.95 Å². The second kappa shape index (κ2) is 6.15. The minimum absolute atomic E-state index is 0.0178. The molecule has 0 radical (unpaired) electrons. The topological polar surface area (TPSA) is 89.5 Å². The molecule has 1 aliphatic heterocycles. The highest BCUT2D eigenvalue weighted by atomic mass is 32.2. The lowest BCUT2D eigenvalue weighted by atomic mass is 10.2. The fourth-order valence-corrected chi connectivity index (χ4v) is 3.28. The van der Waals surface area contributed by atoms with Gasteiger partial charge in [0.1, 0.15) is 12.2 Å². The number of halogens is 1. The van der Waals surface area contributed by atoms with Crippen LogP contribution in [-0.4, -0.2) is 56.0 Å². The van der Waals surface area contributed by atoms with Gasteiger partial charge in [-0.2, -0.15) is 0 Å². The summed E-state index contributed by atoms with van der Waals surface area (Å²) in [6.07, 6.45) is 1.15. The van der Waals surface area contributed by atoms with Crippen molar-refractivity contribution in [2.75, 3.05) is 24.3 Å². The third kappa shape index (κ3) is 3.34. The summed E-state index contributed by atoms with van der Waals surface area (Å²) in [5.41, 5.74) is 0.398. The zero-order chi connectivity index (χ0) is 16.5. The van der Waals surface area contributed by atoms with Gasteiger partial charge in [0.25, 0.3) is 0 Å². The molecular formula is C13H18FN3O4S. The average molecular weight is 331 g/mol. The molecule has 122 valence electrons. The van der Waals surface area contributed by atoms with Crippen LogP contribution in [-0.2, 0) is 19.4 Å². The molecule has 0 N–H and O–H groups in total. The molecule has 0 spiro atoms. The quantitative estimate of drug-likeness (QED) is 0.591. The summed E-state index contributed by atoms with van der Waals surface area (Å²) >= 11 is 0. The van der Waals surface area contributed by atoms with E-state index in [9.17, 15) is 17.6 Å². The van der Waals surface area contributed by atoms with Crippen molar-refractivity contribution in [3.63, 3.8) is 0 Å². The Bertz CT molecular complexity index is 680. The van der Waals surface area contributed by atoms with Crippen LogP contribution in [0.25, 0.3) is 0 Å². The molecule has 0 unspecified atom stereocenters. The van der Waals surface area contributed by atoms with Gasteiger partial charge in [0.05, 0.1) is 13.2 Å². The smallest absolute Gasteiger partial charge is 0.328 e. The standard InChI is InChI=1S/C13H18FN3O4S/c1-4-21-12(18)10-5-9(14)7-17(10)13-15-6-8(2)11(16-13)22(3,19)20/h6,9-10H,4-5,7H2,1-3H3/t9-,10-/m0/s1. The van der Waals surface area contributed by atoms with Gasteiger partial charge in [-0.1, -0.05) is 0 Å². The van der Waals surface area contributed by atoms with Crippen LogP contribution in [0.15, 0.2) is 11.2 Å². The predicted molar refractivity (Wildman–Crippen MR) is 77.2 cm³/mol. The van der Waals surface area contributed by atoms with Gasteiger partial charge < -0.3 is 9.64 Å². The molecule has 7 nitrogen and oxygen atoms in total. The van der Waals surface area contributed by atoms with Crippen LogP contribution in [0.1, 0.15) is 18.9 Å². The first-order valence-corrected chi connectivity index (χ1v) is 8.74. The Labute approximate surface area is 128 Å². The molecule has 2 atom stereocenters. The van der Waals surface area contributed by atoms with Gasteiger partial charge in [-0.25, -0.2) is 27.6 Å². The molecule has 2 heterocycles. The summed E-state index contributed by atoms with van der Waals surface area (Å²) in [6, 6.07) is -0.843. The molecule has 1 aliphatic rings. The Balaban J connectivity index is 2.39. The molecule has 1 aromatic heterocycles. The lowest BCUT2D eigenvalue weighted by Crippen LogP contribution is -2.38. The highest BCUT2D eigenvalue weighted by Crippen LogP contribution is 2.26. The summed E-state index contributed by atoms with van der Waals surface area (Å²) in [6.45, 7) is 3.35. The molecule has 0 bridgehead atoms. The molecule has 1 saturated heterocycles. The fraction of sp³-hybridized carbons (Fsp3) is 0.615. The van der Waals surface area contributed by atoms with Crippen LogP contribution in [0, 0.1) is 6.92 Å². The molecule has 1 fully saturated rings. The van der Waals surface area contributed by atoms with E-state index < -0.39 is 28.0 Å². The SMILES string of the molecule is CCOC(=O)[C@@H]1C[C@H](F)CN1c1ncc(C)c(S(C)(=O)=O)n1. The minimum atomic E-state index is -3.53. The van der Waals surface area contributed by atoms with Crippen molar-refractivity contribution in [1.29, 1.82) is 0 Å². The van der Waals surface area contributed by atoms with Crippen molar-refractivity contribution in [3.8, 4) is 0 Å². The van der Waals surface area contributed by atoms with Crippen LogP contribution >= 0.6 is 0 Å². The highest BCUT2D eigenvalue weighted by Gasteiger charge is 2.39. The van der Waals surface area contributed by atoms with Gasteiger partial charge in [0, 0.05) is 24.4 Å². The Hall–Kier alpha value is -1.77. The minimum Gasteiger partial charge on any atom is -0.464 e. The predicted octanol–water partition coefficient (Wildman–Crippen LogP) is 0.668. The zero-order valence-electron chi connectivity index (χ0n) is 12.6. The van der Waals surface area contributed by atoms with Crippen LogP contribution in [0.5, 0.6) is 0 Å². The second-order valence-corrected chi connectivity index (χ2v) is 7.11. The highest BCUT2D eigenvalue weighted by molar-refractivity contribution is 7.90. The number of carbonyl (C=O) groups excluding carboxylic acids is 1. The first-order chi connectivity index (χ1) is 10.2. The molecule has 9 heteroatoms. The maximum absolute atomic E-state index is 13.7. The number of aromatic nitrogens is 2. The number of esters is 1. The molecule has 22 heavy (non-hydrogen) atoms. The molecule has 1 aromatic rings. The van der Waals surface area contributed by atoms with Crippen molar-refractivity contribution in [3.05, 3.63) is 11.8 Å². The van der Waals surface area contributed by atoms with E-state index in [0.29, 0.717) is 5.56 Å². The number of sulfone groups is 1. The summed E-state index contributed by atoms with van der Waals surface area (Å²) in [5.74, 6) is -0.544. The molecular weight excluding hydrogens is 313 g/mol. The molecule has 2 rings (SSSR count). The number of ether oxygens (including phenoxy) is 1. The summed E-state index contributed by atoms with van der Waals surface area (Å²) in [4.78, 5) is 21.3. The zero-order valence-corrected chi connectivity index (χ0v) is 13.4. The fourth-order valence-electron chi connectivity index (χ4n) is 2.40. The van der Waals surface area contributed by atoms with Gasteiger partial charge in [0.15, 0.2) is 14.9 Å². The van der Waals surface area contributed by atoms with Crippen LogP contribution < -0.4 is 4.90 Å². The lowest BCUT2D eigenvalue weighted by molar-refractivity contribution is -0.144. The number of rotatable bonds is 4. The summed E-state index contributed by atoms with van der Waals surface area (Å²) < 4.78 is 42.1. The maximum Gasteiger partial charge on any atom is 0.328 e. The largest absolute Gasteiger partial charge is 0.464 e. The summed E-state index contributed by atoms with van der Waals surface area (Å²) in [7, 11) is -3.53. The third-order valence-corrected chi connectivity index (χ3v) is 4.45. The van der Waals surface area contributed by atoms with E-state index in [1.165, 1.54) is 11.1 Å². The number of anilines is 1. The second-order valence-electron chi connectivity index (χ2n) is 5.18. The van der Waals surface area contributed by atoms with E-state index in [1.807, 2.05) is 0 Å². The maximum atomic E-state index is 13.7. The number of hydrogen-bond donors (Lipinski definition) is 0. The Morgan fingerprint density at radius 3 is 2.82 bits per heavy atom. The Kier molecular flexibility index (Phi) is 4.64. The number of carbonyl (C=O) groups is 1. The molecule has 0 aliphatic carbocycles. The third-order valence-electron chi connectivity index (χ3n) is 3.33. The molecule has 0 amide bonds.